The monoisotopic (exact) mass is 459 g/mol. The summed E-state index contributed by atoms with van der Waals surface area (Å²) in [4.78, 5) is 2.74. The number of nitrogens with zero attached hydrogens (tertiary/aromatic N) is 1. The summed E-state index contributed by atoms with van der Waals surface area (Å²) in [6, 6.07) is 6.91. The van der Waals surface area contributed by atoms with Gasteiger partial charge in [-0.3, -0.25) is 9.29 Å². The van der Waals surface area contributed by atoms with Gasteiger partial charge in [0.2, 0.25) is 0 Å². The molecule has 2 heteroatoms. The molecule has 3 rings (SSSR count). The molecule has 1 aromatic carbocycles. The van der Waals surface area contributed by atoms with Crippen LogP contribution in [0.1, 0.15) is 102 Å². The van der Waals surface area contributed by atoms with Gasteiger partial charge in [0.05, 0.1) is 6.67 Å². The molecule has 2 aliphatic rings. The molecule has 1 nitrogen and oxygen atoms in total. The highest BCUT2D eigenvalue weighted by Gasteiger charge is 2.25. The molecular formula is C31H54FN. The number of rotatable bonds is 7. The average molecular weight is 460 g/mol. The predicted molar refractivity (Wildman–Crippen MR) is 146 cm³/mol. The Labute approximate surface area is 206 Å². The van der Waals surface area contributed by atoms with E-state index in [0.717, 1.165) is 31.2 Å². The maximum atomic E-state index is 12.9. The van der Waals surface area contributed by atoms with Gasteiger partial charge in [0, 0.05) is 19.6 Å². The fraction of sp³-hybridized carbons (Fsp3) is 0.742. The Balaban J connectivity index is 0.000000689. The number of benzene rings is 1. The van der Waals surface area contributed by atoms with Crippen molar-refractivity contribution in [2.45, 2.75) is 106 Å². The fourth-order valence-electron chi connectivity index (χ4n) is 5.14. The lowest BCUT2D eigenvalue weighted by Gasteiger charge is -2.35. The molecule has 0 saturated heterocycles. The first-order valence-electron chi connectivity index (χ1n) is 13.5. The first-order valence-corrected chi connectivity index (χ1v) is 13.5. The molecule has 190 valence electrons. The molecule has 0 radical (unpaired) electrons. The van der Waals surface area contributed by atoms with Crippen molar-refractivity contribution in [2.75, 3.05) is 19.8 Å². The van der Waals surface area contributed by atoms with Gasteiger partial charge in [-0.2, -0.15) is 0 Å². The SMILES string of the molecule is C=C.CC(C)(C)C.Cc1ccc(CN(CC2CCCCC2)CC2CCC(CF)CC2)c(C)c1. The number of halogens is 1. The van der Waals surface area contributed by atoms with E-state index in [0.29, 0.717) is 11.3 Å². The molecule has 0 aliphatic heterocycles. The van der Waals surface area contributed by atoms with Gasteiger partial charge in [0.15, 0.2) is 0 Å². The topological polar surface area (TPSA) is 3.24 Å². The highest BCUT2D eigenvalue weighted by Crippen LogP contribution is 2.31. The van der Waals surface area contributed by atoms with Crippen molar-refractivity contribution in [2.24, 2.45) is 23.2 Å². The molecule has 0 N–H and O–H groups in total. The standard InChI is InChI=1S/C24H38FN.C5H12.C2H4/c1-19-8-13-24(20(2)14-19)18-26(16-22-6-4-3-5-7-22)17-23-11-9-21(15-25)10-12-23;1-5(2,3)4;1-2/h8,13-14,21-23H,3-7,9-12,15-18H2,1-2H3;1-4H3;1-2H2. The van der Waals surface area contributed by atoms with Gasteiger partial charge in [-0.25, -0.2) is 0 Å². The van der Waals surface area contributed by atoms with Crippen LogP contribution in [0.4, 0.5) is 4.39 Å². The smallest absolute Gasteiger partial charge is 0.0922 e. The first kappa shape index (κ1) is 29.9. The second-order valence-corrected chi connectivity index (χ2v) is 12.2. The highest BCUT2D eigenvalue weighted by molar-refractivity contribution is 5.30. The van der Waals surface area contributed by atoms with E-state index in [1.54, 1.807) is 0 Å². The molecule has 0 bridgehead atoms. The summed E-state index contributed by atoms with van der Waals surface area (Å²) >= 11 is 0. The molecule has 2 saturated carbocycles. The van der Waals surface area contributed by atoms with Gasteiger partial charge >= 0.3 is 0 Å². The lowest BCUT2D eigenvalue weighted by Crippen LogP contribution is -2.35. The minimum Gasteiger partial charge on any atom is -0.299 e. The quantitative estimate of drug-likeness (QED) is 0.367. The van der Waals surface area contributed by atoms with Crippen molar-refractivity contribution in [1.82, 2.24) is 4.90 Å². The van der Waals surface area contributed by atoms with E-state index in [1.807, 2.05) is 0 Å². The maximum absolute atomic E-state index is 12.9. The van der Waals surface area contributed by atoms with Crippen LogP contribution >= 0.6 is 0 Å². The zero-order valence-electron chi connectivity index (χ0n) is 22.9. The molecule has 2 aliphatic carbocycles. The molecule has 1 aromatic rings. The molecule has 33 heavy (non-hydrogen) atoms. The zero-order valence-corrected chi connectivity index (χ0v) is 22.9. The van der Waals surface area contributed by atoms with E-state index in [9.17, 15) is 4.39 Å². The van der Waals surface area contributed by atoms with Crippen LogP contribution in [0.25, 0.3) is 0 Å². The van der Waals surface area contributed by atoms with Crippen molar-refractivity contribution in [3.05, 3.63) is 48.0 Å². The van der Waals surface area contributed by atoms with Crippen LogP contribution in [0.3, 0.4) is 0 Å². The van der Waals surface area contributed by atoms with Gasteiger partial charge in [0.1, 0.15) is 0 Å². The number of alkyl halides is 1. The van der Waals surface area contributed by atoms with Gasteiger partial charge in [-0.15, -0.1) is 13.2 Å². The van der Waals surface area contributed by atoms with Gasteiger partial charge in [0.25, 0.3) is 0 Å². The molecule has 0 aromatic heterocycles. The molecule has 0 unspecified atom stereocenters. The van der Waals surface area contributed by atoms with Crippen LogP contribution < -0.4 is 0 Å². The summed E-state index contributed by atoms with van der Waals surface area (Å²) in [5.74, 6) is 2.00. The Morgan fingerprint density at radius 3 is 1.79 bits per heavy atom. The molecular weight excluding hydrogens is 405 g/mol. The molecule has 0 amide bonds. The summed E-state index contributed by atoms with van der Waals surface area (Å²) in [6.07, 6.45) is 11.7. The van der Waals surface area contributed by atoms with Crippen molar-refractivity contribution < 1.29 is 4.39 Å². The summed E-state index contributed by atoms with van der Waals surface area (Å²) in [5.41, 5.74) is 4.78. The Morgan fingerprint density at radius 2 is 1.30 bits per heavy atom. The zero-order chi connectivity index (χ0) is 24.9. The van der Waals surface area contributed by atoms with E-state index in [-0.39, 0.29) is 6.67 Å². The van der Waals surface area contributed by atoms with Crippen LogP contribution in [0.2, 0.25) is 0 Å². The van der Waals surface area contributed by atoms with Crippen LogP contribution in [-0.4, -0.2) is 24.7 Å². The van der Waals surface area contributed by atoms with Crippen LogP contribution in [0, 0.1) is 37.0 Å². The molecule has 0 heterocycles. The predicted octanol–water partition coefficient (Wildman–Crippen LogP) is 9.32. The summed E-state index contributed by atoms with van der Waals surface area (Å²) in [5, 5.41) is 0. The van der Waals surface area contributed by atoms with E-state index in [2.05, 4.69) is 77.8 Å². The van der Waals surface area contributed by atoms with Crippen molar-refractivity contribution in [3.8, 4) is 0 Å². The minimum atomic E-state index is -0.110. The normalized spacial score (nSPS) is 21.6. The summed E-state index contributed by atoms with van der Waals surface area (Å²) in [7, 11) is 0. The summed E-state index contributed by atoms with van der Waals surface area (Å²) in [6.45, 7) is 22.6. The van der Waals surface area contributed by atoms with E-state index >= 15 is 0 Å². The van der Waals surface area contributed by atoms with Crippen molar-refractivity contribution in [3.63, 3.8) is 0 Å². The number of hydrogen-bond donors (Lipinski definition) is 0. The number of aryl methyl sites for hydroxylation is 2. The Morgan fingerprint density at radius 1 is 0.818 bits per heavy atom. The largest absolute Gasteiger partial charge is 0.299 e. The van der Waals surface area contributed by atoms with E-state index in [1.165, 1.54) is 74.7 Å². The highest BCUT2D eigenvalue weighted by atomic mass is 19.1. The van der Waals surface area contributed by atoms with E-state index < -0.39 is 0 Å². The van der Waals surface area contributed by atoms with Crippen molar-refractivity contribution >= 4 is 0 Å². The van der Waals surface area contributed by atoms with Gasteiger partial charge in [-0.1, -0.05) is 70.7 Å². The van der Waals surface area contributed by atoms with E-state index in [4.69, 9.17) is 0 Å². The van der Waals surface area contributed by atoms with Crippen LogP contribution in [0.15, 0.2) is 31.4 Å². The first-order chi connectivity index (χ1) is 15.6. The second kappa shape index (κ2) is 15.7. The lowest BCUT2D eigenvalue weighted by atomic mass is 9.82. The Bertz CT molecular complexity index is 627. The minimum absolute atomic E-state index is 0.110. The third-order valence-electron chi connectivity index (χ3n) is 6.83. The fourth-order valence-corrected chi connectivity index (χ4v) is 5.14. The maximum Gasteiger partial charge on any atom is 0.0922 e. The Kier molecular flexibility index (Phi) is 14.2. The molecule has 0 spiro atoms. The average Bonchev–Trinajstić information content (AvgIpc) is 2.77. The summed E-state index contributed by atoms with van der Waals surface area (Å²) < 4.78 is 12.9. The molecule has 2 fully saturated rings. The van der Waals surface area contributed by atoms with Crippen LogP contribution in [0.5, 0.6) is 0 Å². The van der Waals surface area contributed by atoms with Gasteiger partial charge in [-0.05, 0) is 86.7 Å². The second-order valence-electron chi connectivity index (χ2n) is 12.2. The number of hydrogen-bond acceptors (Lipinski definition) is 1. The lowest BCUT2D eigenvalue weighted by molar-refractivity contribution is 0.137. The Hall–Kier alpha value is -1.15. The van der Waals surface area contributed by atoms with Crippen LogP contribution in [-0.2, 0) is 6.54 Å². The molecule has 0 atom stereocenters. The third-order valence-corrected chi connectivity index (χ3v) is 6.83. The van der Waals surface area contributed by atoms with Crippen molar-refractivity contribution in [1.29, 1.82) is 0 Å². The third kappa shape index (κ3) is 13.4. The van der Waals surface area contributed by atoms with Gasteiger partial charge < -0.3 is 0 Å².